The van der Waals surface area contributed by atoms with Crippen molar-refractivity contribution >= 4 is 15.9 Å². The van der Waals surface area contributed by atoms with Gasteiger partial charge < -0.3 is 0 Å². The van der Waals surface area contributed by atoms with Crippen LogP contribution in [-0.2, 0) is 6.54 Å². The minimum absolute atomic E-state index is 0.852. The molecule has 1 aromatic rings. The van der Waals surface area contributed by atoms with E-state index in [0.29, 0.717) is 0 Å². The van der Waals surface area contributed by atoms with Gasteiger partial charge in [0.2, 0.25) is 0 Å². The smallest absolute Gasteiger partial charge is 0.0233 e. The highest BCUT2D eigenvalue weighted by atomic mass is 79.9. The SMILES string of the molecule is CC(C)C1CCN(Cc2ccc(Br)cc2)CC1. The van der Waals surface area contributed by atoms with Crippen molar-refractivity contribution < 1.29 is 0 Å². The summed E-state index contributed by atoms with van der Waals surface area (Å²) < 4.78 is 1.17. The largest absolute Gasteiger partial charge is 0.299 e. The van der Waals surface area contributed by atoms with E-state index in [1.807, 2.05) is 0 Å². The highest BCUT2D eigenvalue weighted by Crippen LogP contribution is 2.25. The Kier molecular flexibility index (Phi) is 4.63. The lowest BCUT2D eigenvalue weighted by Gasteiger charge is -2.33. The molecule has 2 heteroatoms. The first kappa shape index (κ1) is 13.1. The molecule has 1 heterocycles. The Morgan fingerprint density at radius 3 is 2.29 bits per heavy atom. The molecule has 17 heavy (non-hydrogen) atoms. The van der Waals surface area contributed by atoms with Gasteiger partial charge in [-0.2, -0.15) is 0 Å². The molecule has 0 amide bonds. The summed E-state index contributed by atoms with van der Waals surface area (Å²) in [6.45, 7) is 8.35. The van der Waals surface area contributed by atoms with Gasteiger partial charge in [-0.1, -0.05) is 41.9 Å². The lowest BCUT2D eigenvalue weighted by atomic mass is 9.86. The maximum Gasteiger partial charge on any atom is 0.0233 e. The lowest BCUT2D eigenvalue weighted by molar-refractivity contribution is 0.152. The summed E-state index contributed by atoms with van der Waals surface area (Å²) in [6.07, 6.45) is 2.74. The van der Waals surface area contributed by atoms with E-state index in [1.54, 1.807) is 0 Å². The number of likely N-dealkylation sites (tertiary alicyclic amines) is 1. The number of nitrogens with zero attached hydrogens (tertiary/aromatic N) is 1. The molecule has 1 nitrogen and oxygen atoms in total. The zero-order valence-electron chi connectivity index (χ0n) is 10.8. The van der Waals surface area contributed by atoms with Gasteiger partial charge >= 0.3 is 0 Å². The van der Waals surface area contributed by atoms with Gasteiger partial charge in [0.25, 0.3) is 0 Å². The fraction of sp³-hybridized carbons (Fsp3) is 0.600. The molecule has 0 saturated carbocycles. The molecule has 0 unspecified atom stereocenters. The van der Waals surface area contributed by atoms with Crippen molar-refractivity contribution in [3.63, 3.8) is 0 Å². The Labute approximate surface area is 113 Å². The number of hydrogen-bond donors (Lipinski definition) is 0. The minimum atomic E-state index is 0.852. The van der Waals surface area contributed by atoms with Gasteiger partial charge in [0.15, 0.2) is 0 Å². The summed E-state index contributed by atoms with van der Waals surface area (Å²) in [5.41, 5.74) is 1.43. The predicted octanol–water partition coefficient (Wildman–Crippen LogP) is 4.32. The van der Waals surface area contributed by atoms with Crippen molar-refractivity contribution in [1.82, 2.24) is 4.90 Å². The average molecular weight is 296 g/mol. The van der Waals surface area contributed by atoms with Crippen LogP contribution in [0.4, 0.5) is 0 Å². The number of benzene rings is 1. The van der Waals surface area contributed by atoms with Crippen LogP contribution >= 0.6 is 15.9 Å². The maximum absolute atomic E-state index is 3.48. The average Bonchev–Trinajstić information content (AvgIpc) is 2.33. The topological polar surface area (TPSA) is 3.24 Å². The van der Waals surface area contributed by atoms with Gasteiger partial charge in [-0.3, -0.25) is 4.90 Å². The van der Waals surface area contributed by atoms with Crippen LogP contribution < -0.4 is 0 Å². The Morgan fingerprint density at radius 1 is 1.18 bits per heavy atom. The van der Waals surface area contributed by atoms with Crippen LogP contribution in [0.25, 0.3) is 0 Å². The minimum Gasteiger partial charge on any atom is -0.299 e. The molecule has 1 aromatic carbocycles. The molecular formula is C15H22BrN. The van der Waals surface area contributed by atoms with E-state index >= 15 is 0 Å². The fourth-order valence-corrected chi connectivity index (χ4v) is 2.89. The highest BCUT2D eigenvalue weighted by Gasteiger charge is 2.21. The molecule has 1 aliphatic heterocycles. The van der Waals surface area contributed by atoms with Gasteiger partial charge in [0, 0.05) is 11.0 Å². The Morgan fingerprint density at radius 2 is 1.76 bits per heavy atom. The standard InChI is InChI=1S/C15H22BrN/c1-12(2)14-7-9-17(10-8-14)11-13-3-5-15(16)6-4-13/h3-6,12,14H,7-11H2,1-2H3. The highest BCUT2D eigenvalue weighted by molar-refractivity contribution is 9.10. The van der Waals surface area contributed by atoms with Crippen LogP contribution in [0.15, 0.2) is 28.7 Å². The Hall–Kier alpha value is -0.340. The summed E-state index contributed by atoms with van der Waals surface area (Å²) in [5, 5.41) is 0. The second kappa shape index (κ2) is 6.01. The normalized spacial score (nSPS) is 18.8. The van der Waals surface area contributed by atoms with Crippen molar-refractivity contribution in [2.75, 3.05) is 13.1 Å². The third kappa shape index (κ3) is 3.82. The van der Waals surface area contributed by atoms with Crippen molar-refractivity contribution in [3.8, 4) is 0 Å². The summed E-state index contributed by atoms with van der Waals surface area (Å²) in [7, 11) is 0. The third-order valence-electron chi connectivity index (χ3n) is 3.89. The van der Waals surface area contributed by atoms with Crippen molar-refractivity contribution in [2.24, 2.45) is 11.8 Å². The Balaban J connectivity index is 1.84. The number of hydrogen-bond acceptors (Lipinski definition) is 1. The molecular weight excluding hydrogens is 274 g/mol. The first-order valence-corrected chi connectivity index (χ1v) is 7.41. The number of halogens is 1. The summed E-state index contributed by atoms with van der Waals surface area (Å²) in [4.78, 5) is 2.59. The van der Waals surface area contributed by atoms with Crippen LogP contribution in [0, 0.1) is 11.8 Å². The van der Waals surface area contributed by atoms with E-state index in [4.69, 9.17) is 0 Å². The van der Waals surface area contributed by atoms with Crippen molar-refractivity contribution in [2.45, 2.75) is 33.2 Å². The van der Waals surface area contributed by atoms with E-state index < -0.39 is 0 Å². The molecule has 94 valence electrons. The molecule has 1 aliphatic rings. The molecule has 0 bridgehead atoms. The van der Waals surface area contributed by atoms with Crippen molar-refractivity contribution in [1.29, 1.82) is 0 Å². The van der Waals surface area contributed by atoms with Gasteiger partial charge in [-0.25, -0.2) is 0 Å². The lowest BCUT2D eigenvalue weighted by Crippen LogP contribution is -2.34. The molecule has 0 aromatic heterocycles. The van der Waals surface area contributed by atoms with Crippen LogP contribution in [0.1, 0.15) is 32.3 Å². The van der Waals surface area contributed by atoms with E-state index in [9.17, 15) is 0 Å². The van der Waals surface area contributed by atoms with Crippen molar-refractivity contribution in [3.05, 3.63) is 34.3 Å². The Bertz CT molecular complexity index is 336. The van der Waals surface area contributed by atoms with Gasteiger partial charge in [-0.15, -0.1) is 0 Å². The zero-order valence-corrected chi connectivity index (χ0v) is 12.4. The van der Waals surface area contributed by atoms with E-state index in [0.717, 1.165) is 18.4 Å². The molecule has 0 spiro atoms. The molecule has 1 saturated heterocycles. The summed E-state index contributed by atoms with van der Waals surface area (Å²) in [5.74, 6) is 1.79. The second-order valence-electron chi connectivity index (χ2n) is 5.48. The van der Waals surface area contributed by atoms with Gasteiger partial charge in [0.05, 0.1) is 0 Å². The first-order chi connectivity index (χ1) is 8.15. The second-order valence-corrected chi connectivity index (χ2v) is 6.40. The molecule has 0 radical (unpaired) electrons. The molecule has 0 atom stereocenters. The van der Waals surface area contributed by atoms with Crippen LogP contribution in [-0.4, -0.2) is 18.0 Å². The molecule has 0 aliphatic carbocycles. The van der Waals surface area contributed by atoms with Crippen LogP contribution in [0.2, 0.25) is 0 Å². The molecule has 0 N–H and O–H groups in total. The van der Waals surface area contributed by atoms with Gasteiger partial charge in [0.1, 0.15) is 0 Å². The number of rotatable bonds is 3. The first-order valence-electron chi connectivity index (χ1n) is 6.62. The van der Waals surface area contributed by atoms with Crippen LogP contribution in [0.3, 0.4) is 0 Å². The zero-order chi connectivity index (χ0) is 12.3. The predicted molar refractivity (Wildman–Crippen MR) is 77.0 cm³/mol. The monoisotopic (exact) mass is 295 g/mol. The van der Waals surface area contributed by atoms with E-state index in [-0.39, 0.29) is 0 Å². The van der Waals surface area contributed by atoms with Gasteiger partial charge in [-0.05, 0) is 55.5 Å². The summed E-state index contributed by atoms with van der Waals surface area (Å²) >= 11 is 3.48. The molecule has 1 fully saturated rings. The fourth-order valence-electron chi connectivity index (χ4n) is 2.63. The number of piperidine rings is 1. The summed E-state index contributed by atoms with van der Waals surface area (Å²) in [6, 6.07) is 8.71. The third-order valence-corrected chi connectivity index (χ3v) is 4.42. The maximum atomic E-state index is 3.48. The van der Waals surface area contributed by atoms with E-state index in [2.05, 4.69) is 58.9 Å². The molecule has 2 rings (SSSR count). The van der Waals surface area contributed by atoms with E-state index in [1.165, 1.54) is 36.0 Å². The van der Waals surface area contributed by atoms with Crippen LogP contribution in [0.5, 0.6) is 0 Å². The quantitative estimate of drug-likeness (QED) is 0.803.